The summed E-state index contributed by atoms with van der Waals surface area (Å²) in [5.41, 5.74) is 3.23. The van der Waals surface area contributed by atoms with Crippen LogP contribution >= 0.6 is 0 Å². The van der Waals surface area contributed by atoms with Crippen LogP contribution in [0.2, 0.25) is 0 Å². The van der Waals surface area contributed by atoms with Crippen molar-refractivity contribution in [2.75, 3.05) is 10.8 Å². The Balaban J connectivity index is 2.06. The first-order chi connectivity index (χ1) is 19.5. The van der Waals surface area contributed by atoms with E-state index in [2.05, 4.69) is 19.2 Å². The molecule has 2 amide bonds. The highest BCUT2D eigenvalue weighted by Crippen LogP contribution is 2.27. The normalized spacial score (nSPS) is 13.0. The maximum absolute atomic E-state index is 14.1. The number of sulfonamides is 1. The highest BCUT2D eigenvalue weighted by Gasteiger charge is 2.34. The maximum Gasteiger partial charge on any atom is 0.264 e. The summed E-state index contributed by atoms with van der Waals surface area (Å²) in [6, 6.07) is 22.5. The number of nitrogens with zero attached hydrogens (tertiary/aromatic N) is 2. The zero-order valence-corrected chi connectivity index (χ0v) is 25.8. The van der Waals surface area contributed by atoms with Gasteiger partial charge < -0.3 is 10.2 Å². The van der Waals surface area contributed by atoms with Gasteiger partial charge in [0.2, 0.25) is 11.8 Å². The minimum absolute atomic E-state index is 0.0527. The molecule has 41 heavy (non-hydrogen) atoms. The van der Waals surface area contributed by atoms with Crippen molar-refractivity contribution in [3.8, 4) is 0 Å². The van der Waals surface area contributed by atoms with Crippen molar-refractivity contribution < 1.29 is 18.0 Å². The first-order valence-corrected chi connectivity index (χ1v) is 15.7. The molecule has 0 heterocycles. The minimum atomic E-state index is -4.10. The van der Waals surface area contributed by atoms with E-state index in [-0.39, 0.29) is 29.3 Å². The fraction of sp³-hybridized carbons (Fsp3) is 0.394. The monoisotopic (exact) mass is 577 g/mol. The van der Waals surface area contributed by atoms with Crippen LogP contribution in [0.4, 0.5) is 5.69 Å². The van der Waals surface area contributed by atoms with Crippen molar-refractivity contribution in [3.63, 3.8) is 0 Å². The van der Waals surface area contributed by atoms with Crippen molar-refractivity contribution in [1.29, 1.82) is 0 Å². The van der Waals surface area contributed by atoms with Crippen molar-refractivity contribution in [2.24, 2.45) is 0 Å². The summed E-state index contributed by atoms with van der Waals surface area (Å²) in [7, 11) is -4.10. The predicted octanol–water partition coefficient (Wildman–Crippen LogP) is 6.04. The molecule has 220 valence electrons. The van der Waals surface area contributed by atoms with E-state index in [4.69, 9.17) is 0 Å². The number of nitrogens with one attached hydrogen (secondary N) is 1. The second-order valence-electron chi connectivity index (χ2n) is 10.8. The first-order valence-electron chi connectivity index (χ1n) is 14.3. The molecule has 2 atom stereocenters. The van der Waals surface area contributed by atoms with E-state index in [1.165, 1.54) is 4.90 Å². The molecule has 0 radical (unpaired) electrons. The van der Waals surface area contributed by atoms with Crippen LogP contribution in [0, 0.1) is 6.92 Å². The molecule has 0 spiro atoms. The lowest BCUT2D eigenvalue weighted by Gasteiger charge is -2.33. The van der Waals surface area contributed by atoms with E-state index in [1.54, 1.807) is 36.4 Å². The van der Waals surface area contributed by atoms with E-state index in [0.29, 0.717) is 12.1 Å². The molecule has 3 rings (SSSR count). The standard InChI is InChI=1S/C33H43N3O4S/c1-7-26(6)34-33(38)31(8-2)35(22-27-12-10-9-11-13-27)32(37)23-36(29-18-16-28(17-19-29)24(3)4)41(39,40)30-20-14-25(5)15-21-30/h9-21,24,26,31H,7-8,22-23H2,1-6H3,(H,34,38)/t26-,31-/m0/s1. The highest BCUT2D eigenvalue weighted by atomic mass is 32.2. The number of rotatable bonds is 13. The quantitative estimate of drug-likeness (QED) is 0.269. The van der Waals surface area contributed by atoms with Crippen LogP contribution in [0.15, 0.2) is 83.8 Å². The molecule has 0 aliphatic heterocycles. The first kappa shape index (κ1) is 31.9. The maximum atomic E-state index is 14.1. The Morgan fingerprint density at radius 3 is 1.98 bits per heavy atom. The lowest BCUT2D eigenvalue weighted by molar-refractivity contribution is -0.140. The summed E-state index contributed by atoms with van der Waals surface area (Å²) < 4.78 is 29.2. The summed E-state index contributed by atoms with van der Waals surface area (Å²) in [4.78, 5) is 29.1. The van der Waals surface area contributed by atoms with Crippen LogP contribution in [0.5, 0.6) is 0 Å². The van der Waals surface area contributed by atoms with Gasteiger partial charge in [-0.3, -0.25) is 13.9 Å². The number of carbonyl (C=O) groups excluding carboxylic acids is 2. The van der Waals surface area contributed by atoms with Crippen LogP contribution in [-0.2, 0) is 26.2 Å². The van der Waals surface area contributed by atoms with Gasteiger partial charge in [0, 0.05) is 12.6 Å². The van der Waals surface area contributed by atoms with Crippen LogP contribution in [0.25, 0.3) is 0 Å². The predicted molar refractivity (Wildman–Crippen MR) is 165 cm³/mol. The van der Waals surface area contributed by atoms with E-state index >= 15 is 0 Å². The van der Waals surface area contributed by atoms with E-state index in [1.807, 2.05) is 70.2 Å². The van der Waals surface area contributed by atoms with E-state index < -0.39 is 28.5 Å². The number of hydrogen-bond donors (Lipinski definition) is 1. The summed E-state index contributed by atoms with van der Waals surface area (Å²) in [6.07, 6.45) is 1.14. The Kier molecular flexibility index (Phi) is 11.1. The molecule has 3 aromatic rings. The van der Waals surface area contributed by atoms with Crippen molar-refractivity contribution >= 4 is 27.5 Å². The van der Waals surface area contributed by atoms with Gasteiger partial charge in [0.25, 0.3) is 10.0 Å². The zero-order valence-electron chi connectivity index (χ0n) is 25.0. The Morgan fingerprint density at radius 1 is 0.829 bits per heavy atom. The van der Waals surface area contributed by atoms with Gasteiger partial charge in [0.1, 0.15) is 12.6 Å². The molecular formula is C33H43N3O4S. The molecule has 0 aliphatic rings. The third-order valence-electron chi connectivity index (χ3n) is 7.32. The summed E-state index contributed by atoms with van der Waals surface area (Å²) >= 11 is 0. The number of hydrogen-bond acceptors (Lipinski definition) is 4. The van der Waals surface area contributed by atoms with Gasteiger partial charge >= 0.3 is 0 Å². The van der Waals surface area contributed by atoms with Gasteiger partial charge in [0.05, 0.1) is 10.6 Å². The minimum Gasteiger partial charge on any atom is -0.352 e. The Bertz CT molecular complexity index is 1390. The number of amides is 2. The van der Waals surface area contributed by atoms with Crippen LogP contribution in [0.1, 0.15) is 70.1 Å². The average Bonchev–Trinajstić information content (AvgIpc) is 2.96. The summed E-state index contributed by atoms with van der Waals surface area (Å²) in [5.74, 6) is -0.437. The molecule has 0 aromatic heterocycles. The molecule has 0 saturated heterocycles. The SMILES string of the molecule is CC[C@H](C)NC(=O)[C@H](CC)N(Cc1ccccc1)C(=O)CN(c1ccc(C(C)C)cc1)S(=O)(=O)c1ccc(C)cc1. The van der Waals surface area contributed by atoms with Crippen molar-refractivity contribution in [3.05, 3.63) is 95.6 Å². The molecule has 0 bridgehead atoms. The third kappa shape index (κ3) is 8.19. The lowest BCUT2D eigenvalue weighted by Crippen LogP contribution is -2.53. The highest BCUT2D eigenvalue weighted by molar-refractivity contribution is 7.92. The molecular weight excluding hydrogens is 534 g/mol. The fourth-order valence-electron chi connectivity index (χ4n) is 4.53. The summed E-state index contributed by atoms with van der Waals surface area (Å²) in [6.45, 7) is 11.5. The van der Waals surface area contributed by atoms with Gasteiger partial charge in [-0.2, -0.15) is 0 Å². The topological polar surface area (TPSA) is 86.8 Å². The number of benzene rings is 3. The fourth-order valence-corrected chi connectivity index (χ4v) is 5.95. The van der Waals surface area contributed by atoms with Gasteiger partial charge in [-0.1, -0.05) is 87.9 Å². The molecule has 3 aromatic carbocycles. The van der Waals surface area contributed by atoms with Gasteiger partial charge in [-0.05, 0) is 68.0 Å². The molecule has 0 fully saturated rings. The van der Waals surface area contributed by atoms with Crippen molar-refractivity contribution in [1.82, 2.24) is 10.2 Å². The van der Waals surface area contributed by atoms with Gasteiger partial charge in [-0.15, -0.1) is 0 Å². The van der Waals surface area contributed by atoms with Crippen LogP contribution in [-0.4, -0.2) is 43.8 Å². The van der Waals surface area contributed by atoms with Crippen molar-refractivity contribution in [2.45, 2.75) is 83.8 Å². The second kappa shape index (κ2) is 14.3. The van der Waals surface area contributed by atoms with E-state index in [9.17, 15) is 18.0 Å². The largest absolute Gasteiger partial charge is 0.352 e. The average molecular weight is 578 g/mol. The zero-order chi connectivity index (χ0) is 30.2. The lowest BCUT2D eigenvalue weighted by atomic mass is 10.0. The molecule has 0 unspecified atom stereocenters. The molecule has 0 aliphatic carbocycles. The smallest absolute Gasteiger partial charge is 0.264 e. The molecule has 0 saturated carbocycles. The van der Waals surface area contributed by atoms with E-state index in [0.717, 1.165) is 27.4 Å². The summed E-state index contributed by atoms with van der Waals surface area (Å²) in [5, 5.41) is 3.00. The number of aryl methyl sites for hydroxylation is 1. The van der Waals surface area contributed by atoms with Gasteiger partial charge in [0.15, 0.2) is 0 Å². The third-order valence-corrected chi connectivity index (χ3v) is 9.11. The van der Waals surface area contributed by atoms with Gasteiger partial charge in [-0.25, -0.2) is 8.42 Å². The van der Waals surface area contributed by atoms with Crippen LogP contribution in [0.3, 0.4) is 0 Å². The Labute approximate surface area is 245 Å². The number of carbonyl (C=O) groups is 2. The Morgan fingerprint density at radius 2 is 1.44 bits per heavy atom. The number of anilines is 1. The molecule has 1 N–H and O–H groups in total. The molecule has 7 nitrogen and oxygen atoms in total. The second-order valence-corrected chi connectivity index (χ2v) is 12.7. The molecule has 8 heteroatoms. The Hall–Kier alpha value is -3.65. The van der Waals surface area contributed by atoms with Crippen LogP contribution < -0.4 is 9.62 Å².